The standard InChI is InChI=1S/C11H14BrClN2O2/c1-7(16)4-5-14-11(17)15-10-3-2-8(13)6-9(10)12/h2-3,6-7,16H,4-5H2,1H3,(H2,14,15,17). The number of urea groups is 1. The van der Waals surface area contributed by atoms with Crippen LogP contribution in [0.1, 0.15) is 13.3 Å². The number of carbonyl (C=O) groups is 1. The summed E-state index contributed by atoms with van der Waals surface area (Å²) < 4.78 is 0.718. The number of halogens is 2. The number of nitrogens with one attached hydrogen (secondary N) is 2. The second kappa shape index (κ2) is 6.83. The molecule has 17 heavy (non-hydrogen) atoms. The van der Waals surface area contributed by atoms with Crippen molar-refractivity contribution in [3.63, 3.8) is 0 Å². The van der Waals surface area contributed by atoms with Gasteiger partial charge in [-0.1, -0.05) is 11.6 Å². The molecule has 1 aromatic carbocycles. The van der Waals surface area contributed by atoms with Crippen LogP contribution < -0.4 is 10.6 Å². The van der Waals surface area contributed by atoms with Crippen LogP contribution in [-0.2, 0) is 0 Å². The lowest BCUT2D eigenvalue weighted by Crippen LogP contribution is -2.31. The van der Waals surface area contributed by atoms with Gasteiger partial charge in [0.1, 0.15) is 0 Å². The normalized spacial score (nSPS) is 12.0. The molecular formula is C11H14BrClN2O2. The molecule has 0 heterocycles. The van der Waals surface area contributed by atoms with Gasteiger partial charge in [0.15, 0.2) is 0 Å². The molecule has 0 radical (unpaired) electrons. The number of carbonyl (C=O) groups excluding carboxylic acids is 1. The van der Waals surface area contributed by atoms with E-state index in [4.69, 9.17) is 16.7 Å². The van der Waals surface area contributed by atoms with Crippen molar-refractivity contribution in [3.8, 4) is 0 Å². The highest BCUT2D eigenvalue weighted by Crippen LogP contribution is 2.25. The SMILES string of the molecule is CC(O)CCNC(=O)Nc1ccc(Cl)cc1Br. The fraction of sp³-hybridized carbons (Fsp3) is 0.364. The van der Waals surface area contributed by atoms with Crippen molar-refractivity contribution in [1.82, 2.24) is 5.32 Å². The Balaban J connectivity index is 2.45. The van der Waals surface area contributed by atoms with Crippen LogP contribution in [0.3, 0.4) is 0 Å². The number of rotatable bonds is 4. The molecular weight excluding hydrogens is 307 g/mol. The van der Waals surface area contributed by atoms with Crippen LogP contribution in [-0.4, -0.2) is 23.8 Å². The Morgan fingerprint density at radius 3 is 2.88 bits per heavy atom. The summed E-state index contributed by atoms with van der Waals surface area (Å²) in [5, 5.41) is 14.9. The van der Waals surface area contributed by atoms with Crippen molar-refractivity contribution in [3.05, 3.63) is 27.7 Å². The van der Waals surface area contributed by atoms with E-state index in [2.05, 4.69) is 26.6 Å². The summed E-state index contributed by atoms with van der Waals surface area (Å²) in [6, 6.07) is 4.79. The number of anilines is 1. The molecule has 0 saturated heterocycles. The van der Waals surface area contributed by atoms with E-state index in [-0.39, 0.29) is 6.03 Å². The summed E-state index contributed by atoms with van der Waals surface area (Å²) in [7, 11) is 0. The number of hydrogen-bond acceptors (Lipinski definition) is 2. The molecule has 1 rings (SSSR count). The first-order valence-electron chi connectivity index (χ1n) is 5.17. The fourth-order valence-electron chi connectivity index (χ4n) is 1.15. The van der Waals surface area contributed by atoms with Crippen LogP contribution in [0, 0.1) is 0 Å². The first kappa shape index (κ1) is 14.3. The van der Waals surface area contributed by atoms with Gasteiger partial charge in [-0.05, 0) is 47.5 Å². The van der Waals surface area contributed by atoms with Crippen molar-refractivity contribution in [1.29, 1.82) is 0 Å². The van der Waals surface area contributed by atoms with Crippen LogP contribution in [0.2, 0.25) is 5.02 Å². The van der Waals surface area contributed by atoms with Gasteiger partial charge in [0.05, 0.1) is 11.8 Å². The van der Waals surface area contributed by atoms with E-state index in [1.165, 1.54) is 0 Å². The third-order valence-electron chi connectivity index (χ3n) is 2.03. The van der Waals surface area contributed by atoms with Crippen LogP contribution in [0.5, 0.6) is 0 Å². The second-order valence-electron chi connectivity index (χ2n) is 3.64. The van der Waals surface area contributed by atoms with Gasteiger partial charge in [0.2, 0.25) is 0 Å². The monoisotopic (exact) mass is 320 g/mol. The zero-order valence-corrected chi connectivity index (χ0v) is 11.7. The van der Waals surface area contributed by atoms with Crippen molar-refractivity contribution in [2.75, 3.05) is 11.9 Å². The quantitative estimate of drug-likeness (QED) is 0.798. The topological polar surface area (TPSA) is 61.4 Å². The predicted octanol–water partition coefficient (Wildman–Crippen LogP) is 2.99. The molecule has 1 aromatic rings. The molecule has 6 heteroatoms. The maximum Gasteiger partial charge on any atom is 0.319 e. The largest absolute Gasteiger partial charge is 0.393 e. The van der Waals surface area contributed by atoms with Gasteiger partial charge in [0, 0.05) is 16.0 Å². The fourth-order valence-corrected chi connectivity index (χ4v) is 1.93. The molecule has 94 valence electrons. The van der Waals surface area contributed by atoms with Crippen molar-refractivity contribution < 1.29 is 9.90 Å². The third-order valence-corrected chi connectivity index (χ3v) is 2.92. The minimum absolute atomic E-state index is 0.311. The van der Waals surface area contributed by atoms with Gasteiger partial charge >= 0.3 is 6.03 Å². The summed E-state index contributed by atoms with van der Waals surface area (Å²) in [6.07, 6.45) is 0.104. The highest BCUT2D eigenvalue weighted by Gasteiger charge is 2.05. The zero-order chi connectivity index (χ0) is 12.8. The Morgan fingerprint density at radius 2 is 2.29 bits per heavy atom. The number of aliphatic hydroxyl groups is 1. The average molecular weight is 322 g/mol. The Hall–Kier alpha value is -0.780. The summed E-state index contributed by atoms with van der Waals surface area (Å²) in [4.78, 5) is 11.5. The van der Waals surface area contributed by atoms with E-state index in [1.807, 2.05) is 0 Å². The zero-order valence-electron chi connectivity index (χ0n) is 9.34. The summed E-state index contributed by atoms with van der Waals surface area (Å²) in [5.74, 6) is 0. The summed E-state index contributed by atoms with van der Waals surface area (Å²) >= 11 is 9.09. The van der Waals surface area contributed by atoms with E-state index in [9.17, 15) is 4.79 Å². The van der Waals surface area contributed by atoms with Crippen LogP contribution in [0.15, 0.2) is 22.7 Å². The smallest absolute Gasteiger partial charge is 0.319 e. The number of hydrogen-bond donors (Lipinski definition) is 3. The lowest BCUT2D eigenvalue weighted by molar-refractivity contribution is 0.184. The van der Waals surface area contributed by atoms with Gasteiger partial charge in [-0.3, -0.25) is 0 Å². The van der Waals surface area contributed by atoms with Crippen LogP contribution in [0.4, 0.5) is 10.5 Å². The van der Waals surface area contributed by atoms with Gasteiger partial charge < -0.3 is 15.7 Å². The van der Waals surface area contributed by atoms with Crippen LogP contribution >= 0.6 is 27.5 Å². The van der Waals surface area contributed by atoms with Crippen molar-refractivity contribution in [2.24, 2.45) is 0 Å². The lowest BCUT2D eigenvalue weighted by Gasteiger charge is -2.10. The van der Waals surface area contributed by atoms with Gasteiger partial charge in [-0.15, -0.1) is 0 Å². The Kier molecular flexibility index (Phi) is 5.74. The maximum absolute atomic E-state index is 11.5. The molecule has 0 fully saturated rings. The van der Waals surface area contributed by atoms with Gasteiger partial charge in [-0.2, -0.15) is 0 Å². The predicted molar refractivity (Wildman–Crippen MR) is 72.5 cm³/mol. The molecule has 0 aromatic heterocycles. The molecule has 0 saturated carbocycles. The van der Waals surface area contributed by atoms with Crippen LogP contribution in [0.25, 0.3) is 0 Å². The first-order valence-corrected chi connectivity index (χ1v) is 6.34. The summed E-state index contributed by atoms with van der Waals surface area (Å²) in [5.41, 5.74) is 0.643. The Morgan fingerprint density at radius 1 is 1.59 bits per heavy atom. The Labute approximate surface area is 113 Å². The molecule has 0 spiro atoms. The average Bonchev–Trinajstić information content (AvgIpc) is 2.21. The van der Waals surface area contributed by atoms with Crippen molar-refractivity contribution in [2.45, 2.75) is 19.4 Å². The van der Waals surface area contributed by atoms with E-state index < -0.39 is 6.10 Å². The highest BCUT2D eigenvalue weighted by molar-refractivity contribution is 9.10. The number of amides is 2. The van der Waals surface area contributed by atoms with Crippen molar-refractivity contribution >= 4 is 39.2 Å². The number of aliphatic hydroxyl groups excluding tert-OH is 1. The molecule has 4 nitrogen and oxygen atoms in total. The Bertz CT molecular complexity index is 399. The van der Waals surface area contributed by atoms with E-state index in [1.54, 1.807) is 25.1 Å². The first-order chi connectivity index (χ1) is 7.99. The molecule has 3 N–H and O–H groups in total. The molecule has 0 aliphatic carbocycles. The van der Waals surface area contributed by atoms with E-state index >= 15 is 0 Å². The van der Waals surface area contributed by atoms with Gasteiger partial charge in [0.25, 0.3) is 0 Å². The summed E-state index contributed by atoms with van der Waals surface area (Å²) in [6.45, 7) is 2.10. The second-order valence-corrected chi connectivity index (χ2v) is 4.93. The minimum Gasteiger partial charge on any atom is -0.393 e. The highest BCUT2D eigenvalue weighted by atomic mass is 79.9. The minimum atomic E-state index is -0.419. The molecule has 2 amide bonds. The maximum atomic E-state index is 11.5. The molecule has 1 unspecified atom stereocenters. The molecule has 0 aliphatic heterocycles. The van der Waals surface area contributed by atoms with E-state index in [0.29, 0.717) is 23.7 Å². The van der Waals surface area contributed by atoms with E-state index in [0.717, 1.165) is 4.47 Å². The number of benzene rings is 1. The third kappa shape index (κ3) is 5.39. The molecule has 0 bridgehead atoms. The molecule has 1 atom stereocenters. The lowest BCUT2D eigenvalue weighted by atomic mass is 10.3. The molecule has 0 aliphatic rings. The van der Waals surface area contributed by atoms with Gasteiger partial charge in [-0.25, -0.2) is 4.79 Å².